The van der Waals surface area contributed by atoms with Gasteiger partial charge in [0.25, 0.3) is 0 Å². The van der Waals surface area contributed by atoms with Crippen molar-refractivity contribution in [1.29, 1.82) is 0 Å². The van der Waals surface area contributed by atoms with Crippen molar-refractivity contribution in [2.24, 2.45) is 0 Å². The Labute approximate surface area is 400 Å². The predicted octanol–water partition coefficient (Wildman–Crippen LogP) is 9.95. The van der Waals surface area contributed by atoms with Crippen LogP contribution in [0.15, 0.2) is 60.7 Å². The third kappa shape index (κ3) is 38.2. The van der Waals surface area contributed by atoms with Gasteiger partial charge in [-0.25, -0.2) is 0 Å². The smallest absolute Gasteiger partial charge is 0.550 e. The summed E-state index contributed by atoms with van der Waals surface area (Å²) in [5, 5.41) is 40.2. The second-order valence-corrected chi connectivity index (χ2v) is 16.3. The Hall–Kier alpha value is -1.21. The van der Waals surface area contributed by atoms with Crippen LogP contribution in [-0.4, -0.2) is 95.4 Å². The molecule has 0 aliphatic rings. The fourth-order valence-corrected chi connectivity index (χ4v) is 7.16. The molecule has 0 aliphatic heterocycles. The zero-order valence-electron chi connectivity index (χ0n) is 37.3. The number of carbonyl (C=O) groups is 2. The Morgan fingerprint density at radius 2 is 0.729 bits per heavy atom. The summed E-state index contributed by atoms with van der Waals surface area (Å²) in [7, 11) is 0. The van der Waals surface area contributed by atoms with Crippen LogP contribution >= 0.6 is 0 Å². The maximum atomic E-state index is 10.5. The van der Waals surface area contributed by atoms with Crippen LogP contribution in [0.25, 0.3) is 0 Å². The van der Waals surface area contributed by atoms with Gasteiger partial charge in [-0.3, -0.25) is 0 Å². The molecule has 0 aromatic heterocycles. The molecule has 4 unspecified atom stereocenters. The fourth-order valence-electron chi connectivity index (χ4n) is 7.16. The summed E-state index contributed by atoms with van der Waals surface area (Å²) in [6, 6.07) is 20.6. The SMILES string of the molecule is CCC(O)CCCCCCCC(CCCCCCC(=O)[O-])OCc1ccccc1.CCC(O)CCCCCCCC(CCCCCCC(=O)[O-])OCc1ccccc1.[Ba+2]. The van der Waals surface area contributed by atoms with Gasteiger partial charge in [-0.2, -0.15) is 0 Å². The van der Waals surface area contributed by atoms with Crippen LogP contribution in [0.2, 0.25) is 0 Å². The second kappa shape index (κ2) is 42.1. The third-order valence-electron chi connectivity index (χ3n) is 11.0. The van der Waals surface area contributed by atoms with Crippen molar-refractivity contribution in [3.8, 4) is 0 Å². The van der Waals surface area contributed by atoms with Gasteiger partial charge in [0.05, 0.1) is 37.6 Å². The number of carboxylic acids is 2. The van der Waals surface area contributed by atoms with Crippen molar-refractivity contribution >= 4 is 60.8 Å². The molecule has 0 fully saturated rings. The Bertz CT molecular complexity index is 1110. The molecule has 332 valence electrons. The van der Waals surface area contributed by atoms with E-state index in [9.17, 15) is 30.0 Å². The van der Waals surface area contributed by atoms with E-state index in [0.717, 1.165) is 103 Å². The van der Waals surface area contributed by atoms with Gasteiger partial charge in [-0.15, -0.1) is 0 Å². The summed E-state index contributed by atoms with van der Waals surface area (Å²) in [6.07, 6.45) is 28.0. The van der Waals surface area contributed by atoms with Crippen molar-refractivity contribution in [2.75, 3.05) is 0 Å². The molecule has 9 heteroatoms. The monoisotopic (exact) mass is 949 g/mol. The predicted molar refractivity (Wildman–Crippen MR) is 238 cm³/mol. The number of benzene rings is 2. The molecular weight excluding hydrogens is 866 g/mol. The summed E-state index contributed by atoms with van der Waals surface area (Å²) < 4.78 is 12.4. The molecule has 0 bridgehead atoms. The van der Waals surface area contributed by atoms with Crippen molar-refractivity contribution in [2.45, 2.75) is 231 Å². The maximum absolute atomic E-state index is 10.5. The molecule has 0 spiro atoms. The first-order chi connectivity index (χ1) is 28.2. The normalized spacial score (nSPS) is 13.1. The molecule has 8 nitrogen and oxygen atoms in total. The van der Waals surface area contributed by atoms with Gasteiger partial charge < -0.3 is 39.5 Å². The number of carbonyl (C=O) groups excluding carboxylic acids is 2. The minimum absolute atomic E-state index is 0. The molecule has 0 heterocycles. The first-order valence-electron chi connectivity index (χ1n) is 23.3. The zero-order chi connectivity index (χ0) is 42.3. The molecule has 0 aliphatic carbocycles. The van der Waals surface area contributed by atoms with E-state index in [4.69, 9.17) is 9.47 Å². The van der Waals surface area contributed by atoms with Crippen LogP contribution in [0.5, 0.6) is 0 Å². The van der Waals surface area contributed by atoms with E-state index in [0.29, 0.717) is 26.1 Å². The molecule has 2 aromatic carbocycles. The van der Waals surface area contributed by atoms with Crippen molar-refractivity contribution < 1.29 is 39.5 Å². The van der Waals surface area contributed by atoms with Gasteiger partial charge in [0.15, 0.2) is 0 Å². The average molecular weight is 949 g/mol. The minimum atomic E-state index is -0.946. The molecule has 0 radical (unpaired) electrons. The van der Waals surface area contributed by atoms with E-state index in [2.05, 4.69) is 24.3 Å². The first-order valence-corrected chi connectivity index (χ1v) is 23.3. The van der Waals surface area contributed by atoms with Crippen LogP contribution in [0.3, 0.4) is 0 Å². The van der Waals surface area contributed by atoms with Crippen LogP contribution in [0.1, 0.15) is 205 Å². The van der Waals surface area contributed by atoms with Crippen molar-refractivity contribution in [3.05, 3.63) is 71.8 Å². The van der Waals surface area contributed by atoms with Gasteiger partial charge in [0.1, 0.15) is 0 Å². The summed E-state index contributed by atoms with van der Waals surface area (Å²) in [5.41, 5.74) is 2.42. The Kier molecular flexibility index (Phi) is 41.2. The summed E-state index contributed by atoms with van der Waals surface area (Å²) in [4.78, 5) is 21.0. The maximum Gasteiger partial charge on any atom is 2.00 e. The van der Waals surface area contributed by atoms with Crippen LogP contribution in [-0.2, 0) is 32.3 Å². The summed E-state index contributed by atoms with van der Waals surface area (Å²) in [6.45, 7) is 5.38. The van der Waals surface area contributed by atoms with Gasteiger partial charge >= 0.3 is 48.9 Å². The number of aliphatic hydroxyl groups excluding tert-OH is 2. The number of aliphatic carboxylic acids is 2. The van der Waals surface area contributed by atoms with Crippen molar-refractivity contribution in [3.63, 3.8) is 0 Å². The van der Waals surface area contributed by atoms with E-state index in [-0.39, 0.29) is 86.1 Å². The van der Waals surface area contributed by atoms with Crippen LogP contribution < -0.4 is 10.2 Å². The van der Waals surface area contributed by atoms with E-state index in [1.165, 1.54) is 62.5 Å². The standard InChI is InChI=1S/2C25H42O4.Ba/c2*1-2-23(26)17-11-4-3-5-12-18-24(19-13-6-7-14-20-25(27)28)29-21-22-15-9-8-10-16-22;/h2*8-10,15-16,23-24,26H,2-7,11-14,17-21H2,1H3,(H,27,28);/q;;+2/p-2. The number of rotatable bonds is 38. The number of hydrogen-bond acceptors (Lipinski definition) is 8. The second-order valence-electron chi connectivity index (χ2n) is 16.3. The number of carboxylic acid groups (broad SMARTS) is 2. The van der Waals surface area contributed by atoms with E-state index < -0.39 is 11.9 Å². The molecule has 59 heavy (non-hydrogen) atoms. The summed E-state index contributed by atoms with van der Waals surface area (Å²) >= 11 is 0. The Morgan fingerprint density at radius 1 is 0.458 bits per heavy atom. The fraction of sp³-hybridized carbons (Fsp3) is 0.720. The van der Waals surface area contributed by atoms with Gasteiger partial charge in [-0.1, -0.05) is 177 Å². The Balaban J connectivity index is 0.00000112. The molecule has 2 rings (SSSR count). The molecule has 4 atom stereocenters. The molecule has 0 amide bonds. The zero-order valence-corrected chi connectivity index (χ0v) is 41.8. The average Bonchev–Trinajstić information content (AvgIpc) is 3.23. The molecule has 2 N–H and O–H groups in total. The van der Waals surface area contributed by atoms with E-state index >= 15 is 0 Å². The molecule has 0 saturated heterocycles. The summed E-state index contributed by atoms with van der Waals surface area (Å²) in [5.74, 6) is -1.89. The molecule has 0 saturated carbocycles. The van der Waals surface area contributed by atoms with E-state index in [1.807, 2.05) is 50.2 Å². The third-order valence-corrected chi connectivity index (χ3v) is 11.0. The largest absolute Gasteiger partial charge is 2.00 e. The van der Waals surface area contributed by atoms with Gasteiger partial charge in [-0.05, 0) is 88.2 Å². The van der Waals surface area contributed by atoms with E-state index in [1.54, 1.807) is 0 Å². The van der Waals surface area contributed by atoms with Gasteiger partial charge in [0, 0.05) is 11.9 Å². The van der Waals surface area contributed by atoms with Gasteiger partial charge in [0.2, 0.25) is 0 Å². The number of ether oxygens (including phenoxy) is 2. The number of unbranched alkanes of at least 4 members (excludes halogenated alkanes) is 14. The van der Waals surface area contributed by atoms with Crippen LogP contribution in [0.4, 0.5) is 0 Å². The number of hydrogen-bond donors (Lipinski definition) is 2. The first kappa shape index (κ1) is 57.8. The van der Waals surface area contributed by atoms with Crippen LogP contribution in [0, 0.1) is 0 Å². The molecule has 2 aromatic rings. The topological polar surface area (TPSA) is 139 Å². The quantitative estimate of drug-likeness (QED) is 0.0501. The minimum Gasteiger partial charge on any atom is -0.550 e. The Morgan fingerprint density at radius 3 is 1.02 bits per heavy atom. The molecular formula is C50H82BaO8. The van der Waals surface area contributed by atoms with Crippen molar-refractivity contribution in [1.82, 2.24) is 0 Å². The number of aliphatic hydroxyl groups is 2.